The van der Waals surface area contributed by atoms with E-state index in [1.54, 1.807) is 11.3 Å². The Morgan fingerprint density at radius 2 is 1.62 bits per heavy atom. The number of nitrogens with zero attached hydrogens (tertiary/aromatic N) is 2. The van der Waals surface area contributed by atoms with Crippen molar-refractivity contribution in [2.45, 2.75) is 20.8 Å². The molecular weight excluding hydrogens is 336 g/mol. The predicted octanol–water partition coefficient (Wildman–Crippen LogP) is 6.68. The van der Waals surface area contributed by atoms with Gasteiger partial charge in [-0.15, -0.1) is 11.3 Å². The molecule has 0 radical (unpaired) electrons. The number of benzene rings is 2. The maximum atomic E-state index is 4.95. The molecule has 2 heterocycles. The molecule has 4 aromatic rings. The normalized spacial score (nSPS) is 11.5. The maximum Gasteiger partial charge on any atom is 0.124 e. The van der Waals surface area contributed by atoms with Crippen LogP contribution in [0, 0.1) is 13.8 Å². The SMILES string of the molecule is C/C=C/c1cc(-c2ccccc2-c2nc(C)c(C)s2)nc2ccccc12. The highest BCUT2D eigenvalue weighted by Crippen LogP contribution is 2.36. The number of hydrogen-bond acceptors (Lipinski definition) is 3. The molecule has 0 atom stereocenters. The maximum absolute atomic E-state index is 4.95. The lowest BCUT2D eigenvalue weighted by molar-refractivity contribution is 1.23. The minimum Gasteiger partial charge on any atom is -0.248 e. The van der Waals surface area contributed by atoms with Crippen LogP contribution in [0.15, 0.2) is 60.7 Å². The van der Waals surface area contributed by atoms with Crippen molar-refractivity contribution in [3.05, 3.63) is 76.8 Å². The van der Waals surface area contributed by atoms with Gasteiger partial charge in [0.05, 0.1) is 16.9 Å². The number of pyridine rings is 1. The van der Waals surface area contributed by atoms with Gasteiger partial charge in [-0.1, -0.05) is 54.6 Å². The van der Waals surface area contributed by atoms with Gasteiger partial charge in [-0.05, 0) is 38.5 Å². The Kier molecular flexibility index (Phi) is 4.39. The van der Waals surface area contributed by atoms with Crippen LogP contribution in [0.4, 0.5) is 0 Å². The second-order valence-electron chi connectivity index (χ2n) is 6.32. The summed E-state index contributed by atoms with van der Waals surface area (Å²) in [5.41, 5.74) is 6.55. The van der Waals surface area contributed by atoms with E-state index in [9.17, 15) is 0 Å². The number of allylic oxidation sites excluding steroid dienone is 1. The minimum absolute atomic E-state index is 0.984. The summed E-state index contributed by atoms with van der Waals surface area (Å²) in [5.74, 6) is 0. The highest BCUT2D eigenvalue weighted by atomic mass is 32.1. The summed E-state index contributed by atoms with van der Waals surface area (Å²) in [7, 11) is 0. The molecule has 2 nitrogen and oxygen atoms in total. The topological polar surface area (TPSA) is 25.8 Å². The second-order valence-corrected chi connectivity index (χ2v) is 7.52. The Balaban J connectivity index is 1.96. The number of fused-ring (bicyclic) bond motifs is 1. The Morgan fingerprint density at radius 1 is 0.885 bits per heavy atom. The fourth-order valence-electron chi connectivity index (χ4n) is 3.14. The molecule has 0 aliphatic rings. The summed E-state index contributed by atoms with van der Waals surface area (Å²) in [5, 5.41) is 2.23. The largest absolute Gasteiger partial charge is 0.248 e. The first-order chi connectivity index (χ1) is 12.7. The number of aromatic nitrogens is 2. The molecule has 0 spiro atoms. The summed E-state index contributed by atoms with van der Waals surface area (Å²) >= 11 is 1.74. The van der Waals surface area contributed by atoms with Crippen molar-refractivity contribution >= 4 is 28.3 Å². The molecule has 0 aliphatic heterocycles. The van der Waals surface area contributed by atoms with Gasteiger partial charge in [0.1, 0.15) is 5.01 Å². The third-order valence-electron chi connectivity index (χ3n) is 4.56. The van der Waals surface area contributed by atoms with E-state index in [0.29, 0.717) is 0 Å². The summed E-state index contributed by atoms with van der Waals surface area (Å²) in [6.45, 7) is 6.23. The van der Waals surface area contributed by atoms with Crippen molar-refractivity contribution in [1.29, 1.82) is 0 Å². The molecule has 0 amide bonds. The van der Waals surface area contributed by atoms with Gasteiger partial charge in [0, 0.05) is 21.4 Å². The van der Waals surface area contributed by atoms with Crippen molar-refractivity contribution in [1.82, 2.24) is 9.97 Å². The van der Waals surface area contributed by atoms with Gasteiger partial charge in [-0.2, -0.15) is 0 Å². The fourth-order valence-corrected chi connectivity index (χ4v) is 4.09. The number of thiazole rings is 1. The van der Waals surface area contributed by atoms with E-state index in [2.05, 4.69) is 74.5 Å². The number of aryl methyl sites for hydroxylation is 2. The molecule has 0 fully saturated rings. The molecular formula is C23H20N2S. The molecule has 0 N–H and O–H groups in total. The van der Waals surface area contributed by atoms with E-state index in [1.165, 1.54) is 15.8 Å². The van der Waals surface area contributed by atoms with Gasteiger partial charge in [0.2, 0.25) is 0 Å². The molecule has 0 bridgehead atoms. The number of hydrogen-bond donors (Lipinski definition) is 0. The third-order valence-corrected chi connectivity index (χ3v) is 5.66. The lowest BCUT2D eigenvalue weighted by Gasteiger charge is -2.10. The predicted molar refractivity (Wildman–Crippen MR) is 112 cm³/mol. The highest BCUT2D eigenvalue weighted by Gasteiger charge is 2.14. The average Bonchev–Trinajstić information content (AvgIpc) is 3.00. The molecule has 0 saturated carbocycles. The van der Waals surface area contributed by atoms with Crippen molar-refractivity contribution in [2.75, 3.05) is 0 Å². The summed E-state index contributed by atoms with van der Waals surface area (Å²) in [6.07, 6.45) is 4.22. The highest BCUT2D eigenvalue weighted by molar-refractivity contribution is 7.15. The zero-order valence-corrected chi connectivity index (χ0v) is 16.0. The van der Waals surface area contributed by atoms with Gasteiger partial charge in [-0.3, -0.25) is 0 Å². The standard InChI is InChI=1S/C23H20N2S/c1-4-9-17-14-22(25-21-13-8-7-10-18(17)21)19-11-5-6-12-20(19)23-24-15(2)16(3)26-23/h4-14H,1-3H3/b9-4+. The zero-order chi connectivity index (χ0) is 18.1. The van der Waals surface area contributed by atoms with E-state index in [0.717, 1.165) is 33.0 Å². The van der Waals surface area contributed by atoms with E-state index in [4.69, 9.17) is 9.97 Å². The Morgan fingerprint density at radius 3 is 2.35 bits per heavy atom. The first kappa shape index (κ1) is 16.7. The number of para-hydroxylation sites is 1. The molecule has 3 heteroatoms. The Labute approximate surface area is 157 Å². The van der Waals surface area contributed by atoms with Crippen LogP contribution >= 0.6 is 11.3 Å². The van der Waals surface area contributed by atoms with Gasteiger partial charge < -0.3 is 0 Å². The second kappa shape index (κ2) is 6.85. The lowest BCUT2D eigenvalue weighted by Crippen LogP contribution is -1.91. The lowest BCUT2D eigenvalue weighted by atomic mass is 10.0. The van der Waals surface area contributed by atoms with Crippen LogP contribution in [0.5, 0.6) is 0 Å². The molecule has 128 valence electrons. The van der Waals surface area contributed by atoms with Gasteiger partial charge in [-0.25, -0.2) is 9.97 Å². The van der Waals surface area contributed by atoms with E-state index in [-0.39, 0.29) is 0 Å². The van der Waals surface area contributed by atoms with Crippen LogP contribution < -0.4 is 0 Å². The number of rotatable bonds is 3. The van der Waals surface area contributed by atoms with E-state index >= 15 is 0 Å². The van der Waals surface area contributed by atoms with Gasteiger partial charge in [0.15, 0.2) is 0 Å². The van der Waals surface area contributed by atoms with Crippen LogP contribution in [0.25, 0.3) is 38.8 Å². The quantitative estimate of drug-likeness (QED) is 0.409. The molecule has 26 heavy (non-hydrogen) atoms. The molecule has 0 aliphatic carbocycles. The minimum atomic E-state index is 0.984. The summed E-state index contributed by atoms with van der Waals surface area (Å²) < 4.78 is 0. The van der Waals surface area contributed by atoms with Gasteiger partial charge >= 0.3 is 0 Å². The summed E-state index contributed by atoms with van der Waals surface area (Å²) in [6, 6.07) is 18.9. The fraction of sp³-hybridized carbons (Fsp3) is 0.130. The Bertz CT molecular complexity index is 1100. The van der Waals surface area contributed by atoms with Crippen LogP contribution in [-0.2, 0) is 0 Å². The molecule has 2 aromatic carbocycles. The smallest absolute Gasteiger partial charge is 0.124 e. The van der Waals surface area contributed by atoms with Crippen molar-refractivity contribution in [3.63, 3.8) is 0 Å². The monoisotopic (exact) mass is 356 g/mol. The van der Waals surface area contributed by atoms with Crippen LogP contribution in [0.3, 0.4) is 0 Å². The van der Waals surface area contributed by atoms with E-state index < -0.39 is 0 Å². The summed E-state index contributed by atoms with van der Waals surface area (Å²) in [4.78, 5) is 11.0. The molecule has 0 unspecified atom stereocenters. The molecule has 0 saturated heterocycles. The van der Waals surface area contributed by atoms with Crippen molar-refractivity contribution < 1.29 is 0 Å². The van der Waals surface area contributed by atoms with Crippen LogP contribution in [0.1, 0.15) is 23.1 Å². The van der Waals surface area contributed by atoms with Crippen LogP contribution in [-0.4, -0.2) is 9.97 Å². The first-order valence-electron chi connectivity index (χ1n) is 8.73. The average molecular weight is 356 g/mol. The Hall–Kier alpha value is -2.78. The first-order valence-corrected chi connectivity index (χ1v) is 9.55. The van der Waals surface area contributed by atoms with Crippen molar-refractivity contribution in [3.8, 4) is 21.8 Å². The molecule has 4 rings (SSSR count). The van der Waals surface area contributed by atoms with Crippen molar-refractivity contribution in [2.24, 2.45) is 0 Å². The molecule has 2 aromatic heterocycles. The van der Waals surface area contributed by atoms with E-state index in [1.807, 2.05) is 13.0 Å². The third kappa shape index (κ3) is 2.95. The van der Waals surface area contributed by atoms with Gasteiger partial charge in [0.25, 0.3) is 0 Å². The van der Waals surface area contributed by atoms with Crippen LogP contribution in [0.2, 0.25) is 0 Å². The zero-order valence-electron chi connectivity index (χ0n) is 15.2.